The summed E-state index contributed by atoms with van der Waals surface area (Å²) in [6.07, 6.45) is -0.466. The van der Waals surface area contributed by atoms with Gasteiger partial charge in [0.05, 0.1) is 27.8 Å². The van der Waals surface area contributed by atoms with Crippen LogP contribution in [0.5, 0.6) is 5.75 Å². The fourth-order valence-electron chi connectivity index (χ4n) is 4.59. The van der Waals surface area contributed by atoms with Crippen LogP contribution in [-0.2, 0) is 12.8 Å². The van der Waals surface area contributed by atoms with E-state index in [1.54, 1.807) is 36.4 Å². The maximum atomic E-state index is 13.5. The highest BCUT2D eigenvalue weighted by Gasteiger charge is 2.36. The van der Waals surface area contributed by atoms with Gasteiger partial charge in [0.15, 0.2) is 5.69 Å². The number of carbonyl (C=O) groups is 1. The first-order chi connectivity index (χ1) is 20.6. The molecule has 1 heterocycles. The third-order valence-electron chi connectivity index (χ3n) is 6.74. The summed E-state index contributed by atoms with van der Waals surface area (Å²) in [6, 6.07) is 22.7. The zero-order chi connectivity index (χ0) is 30.6. The first-order valence-electron chi connectivity index (χ1n) is 13.1. The van der Waals surface area contributed by atoms with Crippen molar-refractivity contribution in [2.24, 2.45) is 0 Å². The van der Waals surface area contributed by atoms with Crippen LogP contribution in [0, 0.1) is 11.3 Å². The van der Waals surface area contributed by atoms with Crippen molar-refractivity contribution in [3.05, 3.63) is 135 Å². The van der Waals surface area contributed by atoms with E-state index in [9.17, 15) is 28.3 Å². The maximum absolute atomic E-state index is 13.5. The summed E-state index contributed by atoms with van der Waals surface area (Å²) in [5, 5.41) is 26.7. The van der Waals surface area contributed by atoms with Crippen molar-refractivity contribution in [2.75, 3.05) is 0 Å². The molecular weight excluding hydrogens is 625 g/mol. The Balaban J connectivity index is 1.29. The van der Waals surface area contributed by atoms with Crippen molar-refractivity contribution < 1.29 is 27.8 Å². The smallest absolute Gasteiger partial charge is 0.435 e. The summed E-state index contributed by atoms with van der Waals surface area (Å²) in [5.41, 5.74) is 0.962. The average molecular weight is 649 g/mol. The molecule has 43 heavy (non-hydrogen) atoms. The Morgan fingerprint density at radius 3 is 2.65 bits per heavy atom. The van der Waals surface area contributed by atoms with Gasteiger partial charge in [-0.05, 0) is 69.4 Å². The number of alkyl halides is 3. The molecule has 218 valence electrons. The van der Waals surface area contributed by atoms with E-state index in [-0.39, 0.29) is 23.4 Å². The predicted molar refractivity (Wildman–Crippen MR) is 156 cm³/mol. The number of halogens is 4. The highest BCUT2D eigenvalue weighted by Crippen LogP contribution is 2.34. The number of carbonyl (C=O) groups excluding carboxylic acids is 1. The van der Waals surface area contributed by atoms with E-state index < -0.39 is 29.9 Å². The van der Waals surface area contributed by atoms with E-state index in [4.69, 9.17) is 4.74 Å². The summed E-state index contributed by atoms with van der Waals surface area (Å²) < 4.78 is 48.0. The lowest BCUT2D eigenvalue weighted by molar-refractivity contribution is -0.141. The second-order valence-corrected chi connectivity index (χ2v) is 10.6. The van der Waals surface area contributed by atoms with Crippen molar-refractivity contribution >= 4 is 21.8 Å². The Labute approximate surface area is 253 Å². The largest absolute Gasteiger partial charge is 0.488 e. The third-order valence-corrected chi connectivity index (χ3v) is 7.36. The van der Waals surface area contributed by atoms with Crippen molar-refractivity contribution in [1.29, 1.82) is 5.26 Å². The van der Waals surface area contributed by atoms with Crippen LogP contribution in [0.3, 0.4) is 0 Å². The summed E-state index contributed by atoms with van der Waals surface area (Å²) >= 11 is 3.50. The van der Waals surface area contributed by atoms with Crippen molar-refractivity contribution in [3.8, 4) is 17.5 Å². The zero-order valence-electron chi connectivity index (χ0n) is 22.4. The fourth-order valence-corrected chi connectivity index (χ4v) is 5.10. The van der Waals surface area contributed by atoms with Crippen LogP contribution in [0.2, 0.25) is 0 Å². The van der Waals surface area contributed by atoms with Crippen molar-refractivity contribution in [2.45, 2.75) is 31.3 Å². The monoisotopic (exact) mass is 648 g/mol. The van der Waals surface area contributed by atoms with E-state index in [1.807, 2.05) is 36.4 Å². The molecule has 0 aliphatic heterocycles. The van der Waals surface area contributed by atoms with Crippen LogP contribution in [0.25, 0.3) is 5.69 Å². The fraction of sp³-hybridized carbons (Fsp3) is 0.156. The highest BCUT2D eigenvalue weighted by atomic mass is 79.9. The quantitative estimate of drug-likeness (QED) is 0.218. The van der Waals surface area contributed by atoms with E-state index in [1.165, 1.54) is 24.3 Å². The van der Waals surface area contributed by atoms with Gasteiger partial charge in [-0.15, -0.1) is 0 Å². The molecule has 3 aromatic carbocycles. The molecule has 0 radical (unpaired) electrons. The summed E-state index contributed by atoms with van der Waals surface area (Å²) in [5.74, 6) is -0.184. The van der Waals surface area contributed by atoms with E-state index in [0.717, 1.165) is 10.2 Å². The highest BCUT2D eigenvalue weighted by molar-refractivity contribution is 9.10. The molecule has 1 aromatic heterocycles. The van der Waals surface area contributed by atoms with Crippen LogP contribution in [-0.4, -0.2) is 26.8 Å². The first-order valence-corrected chi connectivity index (χ1v) is 13.9. The second kappa shape index (κ2) is 12.7. The van der Waals surface area contributed by atoms with Crippen LogP contribution < -0.4 is 10.1 Å². The van der Waals surface area contributed by atoms with Gasteiger partial charge in [0.1, 0.15) is 24.2 Å². The number of nitrogens with zero attached hydrogens (tertiary/aromatic N) is 3. The lowest BCUT2D eigenvalue weighted by atomic mass is 9.92. The van der Waals surface area contributed by atoms with Gasteiger partial charge >= 0.3 is 6.18 Å². The van der Waals surface area contributed by atoms with Gasteiger partial charge < -0.3 is 15.2 Å². The molecule has 1 aliphatic rings. The standard InChI is InChI=1S/C32H24BrF3N4O3/c33-26-16-23(12-13-28(26)43-19-20-6-2-1-3-7-20)30(41)22-9-5-10-24(15-22)38-31(42)27-17-29(32(34,35)36)39-40(27)25-11-4-8-21(14-25)18-37/h1-14,16-17,24,30,41H,15,19H2,(H,38,42). The normalized spacial score (nSPS) is 15.3. The summed E-state index contributed by atoms with van der Waals surface area (Å²) in [4.78, 5) is 13.3. The molecule has 2 unspecified atom stereocenters. The van der Waals surface area contributed by atoms with Crippen LogP contribution in [0.15, 0.2) is 107 Å². The molecule has 7 nitrogen and oxygen atoms in total. The first kappa shape index (κ1) is 29.8. The molecule has 0 spiro atoms. The van der Waals surface area contributed by atoms with Crippen LogP contribution in [0.1, 0.15) is 45.4 Å². The van der Waals surface area contributed by atoms with E-state index in [2.05, 4.69) is 26.3 Å². The molecule has 0 saturated carbocycles. The average Bonchev–Trinajstić information content (AvgIpc) is 3.48. The number of ether oxygens (including phenoxy) is 1. The van der Waals surface area contributed by atoms with Gasteiger partial charge in [0.25, 0.3) is 5.91 Å². The molecule has 11 heteroatoms. The Hall–Kier alpha value is -4.66. The van der Waals surface area contributed by atoms with Gasteiger partial charge in [-0.3, -0.25) is 4.79 Å². The Morgan fingerprint density at radius 1 is 1.14 bits per heavy atom. The van der Waals surface area contributed by atoms with Crippen molar-refractivity contribution in [3.63, 3.8) is 0 Å². The minimum atomic E-state index is -4.78. The maximum Gasteiger partial charge on any atom is 0.435 e. The Morgan fingerprint density at radius 2 is 1.93 bits per heavy atom. The molecule has 4 aromatic rings. The van der Waals surface area contributed by atoms with E-state index >= 15 is 0 Å². The Bertz CT molecular complexity index is 1740. The molecule has 0 saturated heterocycles. The summed E-state index contributed by atoms with van der Waals surface area (Å²) in [6.45, 7) is 0.381. The molecular formula is C32H24BrF3N4O3. The number of allylic oxidation sites excluding steroid dienone is 2. The van der Waals surface area contributed by atoms with Gasteiger partial charge in [-0.25, -0.2) is 4.68 Å². The molecule has 0 bridgehead atoms. The minimum Gasteiger partial charge on any atom is -0.488 e. The number of hydrogen-bond acceptors (Lipinski definition) is 5. The zero-order valence-corrected chi connectivity index (χ0v) is 24.0. The topological polar surface area (TPSA) is 100 Å². The van der Waals surface area contributed by atoms with Gasteiger partial charge in [0.2, 0.25) is 0 Å². The molecule has 0 fully saturated rings. The minimum absolute atomic E-state index is 0.136. The summed E-state index contributed by atoms with van der Waals surface area (Å²) in [7, 11) is 0. The predicted octanol–water partition coefficient (Wildman–Crippen LogP) is 6.82. The van der Waals surface area contributed by atoms with Gasteiger partial charge in [-0.2, -0.15) is 23.5 Å². The Kier molecular flexibility index (Phi) is 8.80. The number of nitriles is 1. The van der Waals surface area contributed by atoms with Gasteiger partial charge in [0, 0.05) is 6.07 Å². The number of amides is 1. The van der Waals surface area contributed by atoms with Crippen molar-refractivity contribution in [1.82, 2.24) is 15.1 Å². The molecule has 1 aliphatic carbocycles. The lowest BCUT2D eigenvalue weighted by Gasteiger charge is -2.24. The SMILES string of the molecule is N#Cc1cccc(-n2nc(C(F)(F)F)cc2C(=O)NC2C=CC=C(C(O)c3ccc(OCc4ccccc4)c(Br)c3)C2)c1. The third kappa shape index (κ3) is 7.05. The number of nitrogens with one attached hydrogen (secondary N) is 1. The van der Waals surface area contributed by atoms with Crippen LogP contribution in [0.4, 0.5) is 13.2 Å². The number of benzene rings is 3. The number of aliphatic hydroxyl groups excluding tert-OH is 1. The number of hydrogen-bond donors (Lipinski definition) is 2. The number of aliphatic hydroxyl groups is 1. The molecule has 2 atom stereocenters. The molecule has 5 rings (SSSR count). The number of aromatic nitrogens is 2. The lowest BCUT2D eigenvalue weighted by Crippen LogP contribution is -2.36. The van der Waals surface area contributed by atoms with Gasteiger partial charge in [-0.1, -0.05) is 60.7 Å². The molecule has 2 N–H and O–H groups in total. The molecule has 1 amide bonds. The second-order valence-electron chi connectivity index (χ2n) is 9.76. The van der Waals surface area contributed by atoms with E-state index in [0.29, 0.717) is 34.0 Å². The number of rotatable bonds is 8. The van der Waals surface area contributed by atoms with Crippen LogP contribution >= 0.6 is 15.9 Å².